The SMILES string of the molecule is CN=C(NCC(c1ccco1)N1CCCCC1)NC1CC1C.I. The van der Waals surface area contributed by atoms with Crippen molar-refractivity contribution < 1.29 is 4.42 Å². The van der Waals surface area contributed by atoms with Crippen molar-refractivity contribution in [3.8, 4) is 0 Å². The minimum Gasteiger partial charge on any atom is -0.468 e. The summed E-state index contributed by atoms with van der Waals surface area (Å²) in [6, 6.07) is 4.93. The van der Waals surface area contributed by atoms with Crippen molar-refractivity contribution in [1.29, 1.82) is 0 Å². The Balaban J connectivity index is 0.00000192. The average molecular weight is 432 g/mol. The molecule has 2 fully saturated rings. The first-order valence-corrected chi connectivity index (χ1v) is 8.52. The Hall–Kier alpha value is -0.760. The van der Waals surface area contributed by atoms with Crippen LogP contribution < -0.4 is 10.6 Å². The first kappa shape index (κ1) is 18.6. The lowest BCUT2D eigenvalue weighted by Crippen LogP contribution is -2.45. The van der Waals surface area contributed by atoms with Gasteiger partial charge in [-0.15, -0.1) is 24.0 Å². The highest BCUT2D eigenvalue weighted by Gasteiger charge is 2.33. The molecule has 1 aromatic rings. The quantitative estimate of drug-likeness (QED) is 0.427. The second-order valence-corrected chi connectivity index (χ2v) is 6.54. The largest absolute Gasteiger partial charge is 0.468 e. The molecule has 0 spiro atoms. The Kier molecular flexibility index (Phi) is 7.20. The molecule has 0 amide bonds. The van der Waals surface area contributed by atoms with Crippen molar-refractivity contribution >= 4 is 29.9 Å². The summed E-state index contributed by atoms with van der Waals surface area (Å²) in [6.07, 6.45) is 6.92. The summed E-state index contributed by atoms with van der Waals surface area (Å²) < 4.78 is 5.68. The van der Waals surface area contributed by atoms with Gasteiger partial charge in [-0.1, -0.05) is 13.3 Å². The van der Waals surface area contributed by atoms with E-state index in [9.17, 15) is 0 Å². The molecule has 0 bridgehead atoms. The van der Waals surface area contributed by atoms with E-state index in [2.05, 4.69) is 33.5 Å². The lowest BCUT2D eigenvalue weighted by atomic mass is 10.1. The van der Waals surface area contributed by atoms with Crippen molar-refractivity contribution in [2.45, 2.75) is 44.7 Å². The Morgan fingerprint density at radius 3 is 2.70 bits per heavy atom. The number of halogens is 1. The van der Waals surface area contributed by atoms with Crippen LogP contribution in [0.4, 0.5) is 0 Å². The van der Waals surface area contributed by atoms with E-state index < -0.39 is 0 Å². The van der Waals surface area contributed by atoms with Crippen molar-refractivity contribution in [3.05, 3.63) is 24.2 Å². The van der Waals surface area contributed by atoms with E-state index in [0.29, 0.717) is 6.04 Å². The summed E-state index contributed by atoms with van der Waals surface area (Å²) >= 11 is 0. The number of hydrogen-bond acceptors (Lipinski definition) is 3. The molecule has 1 aliphatic carbocycles. The van der Waals surface area contributed by atoms with E-state index in [1.807, 2.05) is 13.1 Å². The van der Waals surface area contributed by atoms with E-state index in [1.54, 1.807) is 6.26 Å². The Morgan fingerprint density at radius 2 is 2.13 bits per heavy atom. The number of hydrogen-bond donors (Lipinski definition) is 2. The minimum atomic E-state index is 0. The molecule has 0 radical (unpaired) electrons. The number of nitrogens with zero attached hydrogens (tertiary/aromatic N) is 2. The molecular weight excluding hydrogens is 403 g/mol. The van der Waals surface area contributed by atoms with Crippen LogP contribution in [0.2, 0.25) is 0 Å². The molecule has 5 nitrogen and oxygen atoms in total. The van der Waals surface area contributed by atoms with Crippen molar-refractivity contribution in [1.82, 2.24) is 15.5 Å². The predicted molar refractivity (Wildman–Crippen MR) is 104 cm³/mol. The standard InChI is InChI=1S/C17H28N4O.HI/c1-13-11-14(13)20-17(18-2)19-12-15(16-7-6-10-22-16)21-8-4-3-5-9-21;/h6-7,10,13-15H,3-5,8-9,11-12H2,1-2H3,(H2,18,19,20);1H. The van der Waals surface area contributed by atoms with Crippen LogP contribution in [0.5, 0.6) is 0 Å². The summed E-state index contributed by atoms with van der Waals surface area (Å²) in [5.74, 6) is 2.72. The lowest BCUT2D eigenvalue weighted by molar-refractivity contribution is 0.146. The second-order valence-electron chi connectivity index (χ2n) is 6.54. The molecule has 130 valence electrons. The van der Waals surface area contributed by atoms with Gasteiger partial charge in [0.05, 0.1) is 12.3 Å². The Labute approximate surface area is 156 Å². The molecule has 1 saturated heterocycles. The summed E-state index contributed by atoms with van der Waals surface area (Å²) in [7, 11) is 1.84. The molecule has 23 heavy (non-hydrogen) atoms. The van der Waals surface area contributed by atoms with Crippen molar-refractivity contribution in [2.24, 2.45) is 10.9 Å². The molecular formula is C17H29IN4O. The molecule has 3 unspecified atom stereocenters. The Morgan fingerprint density at radius 1 is 1.39 bits per heavy atom. The van der Waals surface area contributed by atoms with Gasteiger partial charge >= 0.3 is 0 Å². The van der Waals surface area contributed by atoms with Crippen LogP contribution in [-0.2, 0) is 0 Å². The van der Waals surface area contributed by atoms with E-state index in [1.165, 1.54) is 25.7 Å². The number of rotatable bonds is 5. The highest BCUT2D eigenvalue weighted by atomic mass is 127. The third-order valence-corrected chi connectivity index (χ3v) is 4.82. The van der Waals surface area contributed by atoms with Crippen LogP contribution in [0, 0.1) is 5.92 Å². The van der Waals surface area contributed by atoms with Gasteiger partial charge in [-0.2, -0.15) is 0 Å². The van der Waals surface area contributed by atoms with Crippen LogP contribution >= 0.6 is 24.0 Å². The first-order valence-electron chi connectivity index (χ1n) is 8.52. The number of likely N-dealkylation sites (tertiary alicyclic amines) is 1. The maximum Gasteiger partial charge on any atom is 0.191 e. The summed E-state index contributed by atoms with van der Waals surface area (Å²) in [5, 5.41) is 6.97. The third-order valence-electron chi connectivity index (χ3n) is 4.82. The number of nitrogens with one attached hydrogen (secondary N) is 2. The van der Waals surface area contributed by atoms with Crippen LogP contribution in [0.15, 0.2) is 27.8 Å². The fraction of sp³-hybridized carbons (Fsp3) is 0.706. The number of furan rings is 1. The van der Waals surface area contributed by atoms with Gasteiger partial charge in [0.2, 0.25) is 0 Å². The molecule has 1 saturated carbocycles. The third kappa shape index (κ3) is 5.11. The van der Waals surface area contributed by atoms with Crippen molar-refractivity contribution in [3.63, 3.8) is 0 Å². The number of piperidine rings is 1. The Bertz CT molecular complexity index is 485. The van der Waals surface area contributed by atoms with Gasteiger partial charge in [0.25, 0.3) is 0 Å². The smallest absolute Gasteiger partial charge is 0.191 e. The van der Waals surface area contributed by atoms with Gasteiger partial charge in [0.1, 0.15) is 5.76 Å². The molecule has 6 heteroatoms. The maximum atomic E-state index is 5.68. The van der Waals surface area contributed by atoms with Gasteiger partial charge in [-0.3, -0.25) is 9.89 Å². The summed E-state index contributed by atoms with van der Waals surface area (Å²) in [5.41, 5.74) is 0. The summed E-state index contributed by atoms with van der Waals surface area (Å²) in [4.78, 5) is 6.88. The van der Waals surface area contributed by atoms with Crippen molar-refractivity contribution in [2.75, 3.05) is 26.7 Å². The van der Waals surface area contributed by atoms with Gasteiger partial charge < -0.3 is 15.1 Å². The molecule has 3 rings (SSSR count). The first-order chi connectivity index (χ1) is 10.8. The van der Waals surface area contributed by atoms with E-state index >= 15 is 0 Å². The lowest BCUT2D eigenvalue weighted by Gasteiger charge is -2.33. The molecule has 2 aliphatic rings. The predicted octanol–water partition coefficient (Wildman–Crippen LogP) is 3.00. The molecule has 0 aromatic carbocycles. The monoisotopic (exact) mass is 432 g/mol. The number of guanidine groups is 1. The zero-order chi connectivity index (χ0) is 15.4. The van der Waals surface area contributed by atoms with E-state index in [4.69, 9.17) is 4.42 Å². The molecule has 3 atom stereocenters. The molecule has 1 aromatic heterocycles. The highest BCUT2D eigenvalue weighted by molar-refractivity contribution is 14.0. The van der Waals surface area contributed by atoms with E-state index in [0.717, 1.165) is 37.3 Å². The van der Waals surface area contributed by atoms with E-state index in [-0.39, 0.29) is 30.0 Å². The van der Waals surface area contributed by atoms with Crippen LogP contribution in [0.1, 0.15) is 44.4 Å². The highest BCUT2D eigenvalue weighted by Crippen LogP contribution is 2.29. The minimum absolute atomic E-state index is 0. The fourth-order valence-corrected chi connectivity index (χ4v) is 3.21. The zero-order valence-electron chi connectivity index (χ0n) is 14.1. The van der Waals surface area contributed by atoms with Gasteiger partial charge in [-0.25, -0.2) is 0 Å². The van der Waals surface area contributed by atoms with Gasteiger partial charge in [0.15, 0.2) is 5.96 Å². The average Bonchev–Trinajstić information content (AvgIpc) is 3.02. The topological polar surface area (TPSA) is 52.8 Å². The summed E-state index contributed by atoms with van der Waals surface area (Å²) in [6.45, 7) is 5.40. The molecule has 2 N–H and O–H groups in total. The van der Waals surface area contributed by atoms with Crippen LogP contribution in [0.25, 0.3) is 0 Å². The number of aliphatic imine (C=N–C) groups is 1. The maximum absolute atomic E-state index is 5.68. The zero-order valence-corrected chi connectivity index (χ0v) is 16.5. The second kappa shape index (κ2) is 8.92. The van der Waals surface area contributed by atoms with Gasteiger partial charge in [0, 0.05) is 19.6 Å². The van der Waals surface area contributed by atoms with Gasteiger partial charge in [-0.05, 0) is 50.4 Å². The fourth-order valence-electron chi connectivity index (χ4n) is 3.21. The molecule has 1 aliphatic heterocycles. The molecule has 2 heterocycles. The normalized spacial score (nSPS) is 26.3. The van der Waals surface area contributed by atoms with Crippen LogP contribution in [-0.4, -0.2) is 43.6 Å². The van der Waals surface area contributed by atoms with Crippen LogP contribution in [0.3, 0.4) is 0 Å².